The molecule has 0 aliphatic rings. The molecule has 4 nitrogen and oxygen atoms in total. The van der Waals surface area contributed by atoms with E-state index in [9.17, 15) is 0 Å². The Morgan fingerprint density at radius 3 is 2.78 bits per heavy atom. The third-order valence-corrected chi connectivity index (χ3v) is 4.15. The van der Waals surface area contributed by atoms with E-state index in [-0.39, 0.29) is 0 Å². The van der Waals surface area contributed by atoms with E-state index >= 15 is 0 Å². The van der Waals surface area contributed by atoms with Crippen molar-refractivity contribution in [2.45, 2.75) is 40.4 Å². The smallest absolute Gasteiger partial charge is 0.107 e. The van der Waals surface area contributed by atoms with Crippen LogP contribution in [0.2, 0.25) is 5.02 Å². The topological polar surface area (TPSA) is 42.7 Å². The molecule has 0 atom stereocenters. The molecule has 0 amide bonds. The van der Waals surface area contributed by atoms with Gasteiger partial charge in [0.25, 0.3) is 0 Å². The van der Waals surface area contributed by atoms with Gasteiger partial charge in [-0.25, -0.2) is 4.98 Å². The summed E-state index contributed by atoms with van der Waals surface area (Å²) in [7, 11) is 0. The van der Waals surface area contributed by atoms with Crippen molar-refractivity contribution in [3.05, 3.63) is 32.5 Å². The predicted molar refractivity (Wildman–Crippen MR) is 75.0 cm³/mol. The van der Waals surface area contributed by atoms with Crippen molar-refractivity contribution in [1.29, 1.82) is 0 Å². The molecule has 0 aromatic carbocycles. The first-order valence-electron chi connectivity index (χ1n) is 5.95. The van der Waals surface area contributed by atoms with Gasteiger partial charge < -0.3 is 5.32 Å². The second-order valence-corrected chi connectivity index (χ2v) is 5.47. The molecule has 98 valence electrons. The molecule has 0 bridgehead atoms. The Morgan fingerprint density at radius 2 is 2.17 bits per heavy atom. The van der Waals surface area contributed by atoms with Gasteiger partial charge in [-0.05, 0) is 20.8 Å². The van der Waals surface area contributed by atoms with Crippen LogP contribution in [0, 0.1) is 13.8 Å². The fraction of sp³-hybridized carbons (Fsp3) is 0.500. The molecule has 2 heterocycles. The monoisotopic (exact) mass is 284 g/mol. The van der Waals surface area contributed by atoms with Crippen molar-refractivity contribution in [2.75, 3.05) is 0 Å². The Kier molecular flexibility index (Phi) is 4.37. The van der Waals surface area contributed by atoms with Gasteiger partial charge in [0.15, 0.2) is 0 Å². The van der Waals surface area contributed by atoms with E-state index in [1.54, 1.807) is 11.3 Å². The lowest BCUT2D eigenvalue weighted by atomic mass is 10.3. The lowest BCUT2D eigenvalue weighted by Gasteiger charge is -2.06. The van der Waals surface area contributed by atoms with Crippen LogP contribution in [0.3, 0.4) is 0 Å². The maximum absolute atomic E-state index is 6.24. The molecule has 18 heavy (non-hydrogen) atoms. The molecule has 0 spiro atoms. The molecule has 0 fully saturated rings. The second-order valence-electron chi connectivity index (χ2n) is 4.15. The van der Waals surface area contributed by atoms with E-state index in [1.165, 1.54) is 0 Å². The van der Waals surface area contributed by atoms with Crippen molar-refractivity contribution >= 4 is 22.9 Å². The van der Waals surface area contributed by atoms with Gasteiger partial charge in [-0.2, -0.15) is 5.10 Å². The summed E-state index contributed by atoms with van der Waals surface area (Å²) >= 11 is 7.92. The highest BCUT2D eigenvalue weighted by molar-refractivity contribution is 7.09. The first kappa shape index (κ1) is 13.5. The number of hydrogen-bond acceptors (Lipinski definition) is 4. The van der Waals surface area contributed by atoms with Gasteiger partial charge in [-0.1, -0.05) is 11.6 Å². The summed E-state index contributed by atoms with van der Waals surface area (Å²) in [6, 6.07) is 0. The molecule has 0 saturated carbocycles. The summed E-state index contributed by atoms with van der Waals surface area (Å²) in [5.41, 5.74) is 3.01. The summed E-state index contributed by atoms with van der Waals surface area (Å²) in [5, 5.41) is 11.7. The van der Waals surface area contributed by atoms with Crippen LogP contribution in [0.5, 0.6) is 0 Å². The van der Waals surface area contributed by atoms with Crippen LogP contribution in [-0.2, 0) is 19.6 Å². The van der Waals surface area contributed by atoms with Crippen molar-refractivity contribution in [1.82, 2.24) is 20.1 Å². The van der Waals surface area contributed by atoms with Crippen LogP contribution in [0.15, 0.2) is 5.38 Å². The summed E-state index contributed by atoms with van der Waals surface area (Å²) in [6.45, 7) is 8.32. The Hall–Kier alpha value is -0.910. The highest BCUT2D eigenvalue weighted by Gasteiger charge is 2.11. The molecule has 2 aromatic rings. The standard InChI is InChI=1S/C12H17ClN4S/c1-4-17-10(12(13)9(3)16-17)5-14-6-11-15-8(2)7-18-11/h7,14H,4-6H2,1-3H3. The van der Waals surface area contributed by atoms with Crippen LogP contribution in [0.25, 0.3) is 0 Å². The number of thiazole rings is 1. The molecule has 1 N–H and O–H groups in total. The third-order valence-electron chi connectivity index (χ3n) is 2.69. The van der Waals surface area contributed by atoms with Crippen molar-refractivity contribution in [3.8, 4) is 0 Å². The van der Waals surface area contributed by atoms with Crippen LogP contribution < -0.4 is 5.32 Å². The van der Waals surface area contributed by atoms with Gasteiger partial charge in [0.05, 0.1) is 16.4 Å². The minimum Gasteiger partial charge on any atom is -0.305 e. The Labute approximate surface area is 116 Å². The predicted octanol–water partition coefficient (Wildman–Crippen LogP) is 2.92. The molecule has 0 aliphatic heterocycles. The van der Waals surface area contributed by atoms with E-state index in [2.05, 4.69) is 27.7 Å². The zero-order chi connectivity index (χ0) is 13.1. The maximum Gasteiger partial charge on any atom is 0.107 e. The van der Waals surface area contributed by atoms with Gasteiger partial charge in [0, 0.05) is 30.7 Å². The summed E-state index contributed by atoms with van der Waals surface area (Å²) in [4.78, 5) is 4.41. The Morgan fingerprint density at radius 1 is 1.39 bits per heavy atom. The average molecular weight is 285 g/mol. The van der Waals surface area contributed by atoms with E-state index in [0.29, 0.717) is 6.54 Å². The van der Waals surface area contributed by atoms with Crippen LogP contribution in [0.1, 0.15) is 29.0 Å². The number of rotatable bonds is 5. The number of nitrogens with one attached hydrogen (secondary N) is 1. The second kappa shape index (κ2) is 5.82. The third kappa shape index (κ3) is 2.91. The summed E-state index contributed by atoms with van der Waals surface area (Å²) in [6.07, 6.45) is 0. The molecular formula is C12H17ClN4S. The van der Waals surface area contributed by atoms with E-state index in [4.69, 9.17) is 11.6 Å². The number of halogens is 1. The van der Waals surface area contributed by atoms with Gasteiger partial charge in [-0.15, -0.1) is 11.3 Å². The van der Waals surface area contributed by atoms with Crippen molar-refractivity contribution in [2.24, 2.45) is 0 Å². The largest absolute Gasteiger partial charge is 0.305 e. The lowest BCUT2D eigenvalue weighted by molar-refractivity contribution is 0.578. The quantitative estimate of drug-likeness (QED) is 0.918. The molecule has 0 aliphatic carbocycles. The van der Waals surface area contributed by atoms with Gasteiger partial charge in [0.2, 0.25) is 0 Å². The molecule has 0 saturated heterocycles. The fourth-order valence-electron chi connectivity index (χ4n) is 1.81. The maximum atomic E-state index is 6.24. The Bertz CT molecular complexity index is 532. The highest BCUT2D eigenvalue weighted by Crippen LogP contribution is 2.20. The average Bonchev–Trinajstić information content (AvgIpc) is 2.87. The summed E-state index contributed by atoms with van der Waals surface area (Å²) in [5.74, 6) is 0. The van der Waals surface area contributed by atoms with Crippen molar-refractivity contribution < 1.29 is 0 Å². The zero-order valence-corrected chi connectivity index (χ0v) is 12.4. The first-order valence-corrected chi connectivity index (χ1v) is 7.21. The van der Waals surface area contributed by atoms with Crippen LogP contribution in [-0.4, -0.2) is 14.8 Å². The number of aryl methyl sites for hydroxylation is 3. The lowest BCUT2D eigenvalue weighted by Crippen LogP contribution is -2.16. The summed E-state index contributed by atoms with van der Waals surface area (Å²) < 4.78 is 1.94. The number of aromatic nitrogens is 3. The zero-order valence-electron chi connectivity index (χ0n) is 10.8. The van der Waals surface area contributed by atoms with Crippen molar-refractivity contribution in [3.63, 3.8) is 0 Å². The number of hydrogen-bond donors (Lipinski definition) is 1. The van der Waals surface area contributed by atoms with Crippen LogP contribution >= 0.6 is 22.9 Å². The molecule has 6 heteroatoms. The fourth-order valence-corrected chi connectivity index (χ4v) is 2.75. The van der Waals surface area contributed by atoms with E-state index in [0.717, 1.165) is 40.2 Å². The van der Waals surface area contributed by atoms with Gasteiger partial charge in [0.1, 0.15) is 5.01 Å². The van der Waals surface area contributed by atoms with Gasteiger partial charge >= 0.3 is 0 Å². The molecule has 2 rings (SSSR count). The Balaban J connectivity index is 1.98. The minimum absolute atomic E-state index is 0.714. The molecular weight excluding hydrogens is 268 g/mol. The van der Waals surface area contributed by atoms with E-state index in [1.807, 2.05) is 18.5 Å². The SMILES string of the molecule is CCn1nc(C)c(Cl)c1CNCc1nc(C)cs1. The van der Waals surface area contributed by atoms with Gasteiger partial charge in [-0.3, -0.25) is 4.68 Å². The molecule has 0 radical (unpaired) electrons. The normalized spacial score (nSPS) is 11.1. The van der Waals surface area contributed by atoms with Crippen LogP contribution in [0.4, 0.5) is 0 Å². The minimum atomic E-state index is 0.714. The first-order chi connectivity index (χ1) is 8.61. The highest BCUT2D eigenvalue weighted by atomic mass is 35.5. The molecule has 2 aromatic heterocycles. The molecule has 0 unspecified atom stereocenters. The van der Waals surface area contributed by atoms with E-state index < -0.39 is 0 Å². The number of nitrogens with zero attached hydrogens (tertiary/aromatic N) is 3.